The van der Waals surface area contributed by atoms with Gasteiger partial charge in [-0.3, -0.25) is 4.79 Å². The van der Waals surface area contributed by atoms with Crippen molar-refractivity contribution in [2.45, 2.75) is 51.9 Å². The Morgan fingerprint density at radius 2 is 2.17 bits per heavy atom. The SMILES string of the molecule is CCCCCC1=CC(=O)CCC1. The second kappa shape index (κ2) is 5.13. The summed E-state index contributed by atoms with van der Waals surface area (Å²) in [4.78, 5) is 11.0. The van der Waals surface area contributed by atoms with Gasteiger partial charge in [-0.05, 0) is 31.8 Å². The van der Waals surface area contributed by atoms with Gasteiger partial charge in [0.05, 0.1) is 0 Å². The van der Waals surface area contributed by atoms with E-state index in [1.807, 2.05) is 6.08 Å². The van der Waals surface area contributed by atoms with E-state index in [0.29, 0.717) is 5.78 Å². The van der Waals surface area contributed by atoms with Gasteiger partial charge in [-0.1, -0.05) is 25.3 Å². The molecule has 0 aromatic carbocycles. The topological polar surface area (TPSA) is 17.1 Å². The lowest BCUT2D eigenvalue weighted by Gasteiger charge is -2.10. The number of allylic oxidation sites excluding steroid dienone is 2. The highest BCUT2D eigenvalue weighted by Gasteiger charge is 2.08. The molecular weight excluding hydrogens is 148 g/mol. The van der Waals surface area contributed by atoms with Gasteiger partial charge in [0, 0.05) is 6.42 Å². The van der Waals surface area contributed by atoms with E-state index in [0.717, 1.165) is 25.7 Å². The Morgan fingerprint density at radius 3 is 2.83 bits per heavy atom. The van der Waals surface area contributed by atoms with Crippen LogP contribution < -0.4 is 0 Å². The third-order valence-electron chi connectivity index (χ3n) is 2.39. The Labute approximate surface area is 74.9 Å². The first-order valence-electron chi connectivity index (χ1n) is 5.05. The Bertz CT molecular complexity index is 179. The zero-order valence-corrected chi connectivity index (χ0v) is 7.94. The fourth-order valence-electron chi connectivity index (χ4n) is 1.66. The van der Waals surface area contributed by atoms with Crippen LogP contribution in [0.25, 0.3) is 0 Å². The molecule has 1 aliphatic rings. The number of rotatable bonds is 4. The first kappa shape index (κ1) is 9.50. The predicted octanol–water partition coefficient (Wildman–Crippen LogP) is 3.25. The van der Waals surface area contributed by atoms with Crippen molar-refractivity contribution in [1.82, 2.24) is 0 Å². The highest BCUT2D eigenvalue weighted by atomic mass is 16.1. The lowest BCUT2D eigenvalue weighted by molar-refractivity contribution is -0.115. The van der Waals surface area contributed by atoms with Gasteiger partial charge in [-0.25, -0.2) is 0 Å². The monoisotopic (exact) mass is 166 g/mol. The van der Waals surface area contributed by atoms with Crippen molar-refractivity contribution in [3.8, 4) is 0 Å². The minimum atomic E-state index is 0.341. The second-order valence-electron chi connectivity index (χ2n) is 3.58. The van der Waals surface area contributed by atoms with Crippen LogP contribution in [0.4, 0.5) is 0 Å². The quantitative estimate of drug-likeness (QED) is 0.586. The van der Waals surface area contributed by atoms with E-state index in [1.165, 1.54) is 24.8 Å². The predicted molar refractivity (Wildman–Crippen MR) is 51.1 cm³/mol. The Balaban J connectivity index is 2.26. The summed E-state index contributed by atoms with van der Waals surface area (Å²) in [6.07, 6.45) is 9.87. The molecule has 0 aromatic rings. The standard InChI is InChI=1S/C11H18O/c1-2-3-4-6-10-7-5-8-11(12)9-10/h9H,2-8H2,1H3. The Hall–Kier alpha value is -0.590. The lowest BCUT2D eigenvalue weighted by Crippen LogP contribution is -2.02. The molecule has 0 saturated heterocycles. The minimum absolute atomic E-state index is 0.341. The number of carbonyl (C=O) groups excluding carboxylic acids is 1. The van der Waals surface area contributed by atoms with Crippen LogP contribution in [0.3, 0.4) is 0 Å². The lowest BCUT2D eigenvalue weighted by atomic mass is 9.94. The van der Waals surface area contributed by atoms with Gasteiger partial charge >= 0.3 is 0 Å². The van der Waals surface area contributed by atoms with Gasteiger partial charge in [0.25, 0.3) is 0 Å². The minimum Gasteiger partial charge on any atom is -0.295 e. The molecule has 0 atom stereocenters. The summed E-state index contributed by atoms with van der Waals surface area (Å²) in [6, 6.07) is 0. The third kappa shape index (κ3) is 3.21. The molecule has 12 heavy (non-hydrogen) atoms. The zero-order valence-electron chi connectivity index (χ0n) is 7.94. The molecule has 0 radical (unpaired) electrons. The molecule has 0 N–H and O–H groups in total. The summed E-state index contributed by atoms with van der Waals surface area (Å²) < 4.78 is 0. The molecule has 1 rings (SSSR count). The molecule has 0 heterocycles. The average Bonchev–Trinajstić information content (AvgIpc) is 2.05. The normalized spacial score (nSPS) is 17.8. The van der Waals surface area contributed by atoms with Crippen molar-refractivity contribution in [2.24, 2.45) is 0 Å². The van der Waals surface area contributed by atoms with Crippen LogP contribution in [0.5, 0.6) is 0 Å². The maximum atomic E-state index is 11.0. The molecule has 1 aliphatic carbocycles. The van der Waals surface area contributed by atoms with Gasteiger partial charge in [0.2, 0.25) is 0 Å². The van der Waals surface area contributed by atoms with Crippen LogP contribution in [-0.2, 0) is 4.79 Å². The van der Waals surface area contributed by atoms with E-state index in [-0.39, 0.29) is 0 Å². The molecule has 1 heteroatoms. The molecule has 0 fully saturated rings. The van der Waals surface area contributed by atoms with Crippen LogP contribution in [0, 0.1) is 0 Å². The van der Waals surface area contributed by atoms with E-state index >= 15 is 0 Å². The van der Waals surface area contributed by atoms with Gasteiger partial charge in [-0.15, -0.1) is 0 Å². The van der Waals surface area contributed by atoms with Crippen LogP contribution in [0.2, 0.25) is 0 Å². The van der Waals surface area contributed by atoms with Gasteiger partial charge in [0.15, 0.2) is 5.78 Å². The van der Waals surface area contributed by atoms with E-state index in [9.17, 15) is 4.79 Å². The molecule has 0 amide bonds. The highest BCUT2D eigenvalue weighted by molar-refractivity contribution is 5.91. The van der Waals surface area contributed by atoms with Crippen LogP contribution in [0.1, 0.15) is 51.9 Å². The molecule has 0 unspecified atom stereocenters. The summed E-state index contributed by atoms with van der Waals surface area (Å²) in [5, 5.41) is 0. The van der Waals surface area contributed by atoms with Crippen molar-refractivity contribution >= 4 is 5.78 Å². The molecule has 0 saturated carbocycles. The smallest absolute Gasteiger partial charge is 0.155 e. The number of carbonyl (C=O) groups is 1. The summed E-state index contributed by atoms with van der Waals surface area (Å²) >= 11 is 0. The fourth-order valence-corrected chi connectivity index (χ4v) is 1.66. The first-order chi connectivity index (χ1) is 5.83. The van der Waals surface area contributed by atoms with E-state index < -0.39 is 0 Å². The second-order valence-corrected chi connectivity index (χ2v) is 3.58. The maximum Gasteiger partial charge on any atom is 0.155 e. The summed E-state index contributed by atoms with van der Waals surface area (Å²) in [7, 11) is 0. The molecule has 0 bridgehead atoms. The van der Waals surface area contributed by atoms with Crippen molar-refractivity contribution in [3.05, 3.63) is 11.6 Å². The molecule has 68 valence electrons. The highest BCUT2D eigenvalue weighted by Crippen LogP contribution is 2.20. The molecule has 1 nitrogen and oxygen atoms in total. The molecule has 0 spiro atoms. The fraction of sp³-hybridized carbons (Fsp3) is 0.727. The first-order valence-corrected chi connectivity index (χ1v) is 5.05. The maximum absolute atomic E-state index is 11.0. The van der Waals surface area contributed by atoms with Crippen molar-refractivity contribution in [3.63, 3.8) is 0 Å². The van der Waals surface area contributed by atoms with Gasteiger partial charge < -0.3 is 0 Å². The Kier molecular flexibility index (Phi) is 4.06. The molecular formula is C11H18O. The zero-order chi connectivity index (χ0) is 8.81. The van der Waals surface area contributed by atoms with Crippen LogP contribution in [0.15, 0.2) is 11.6 Å². The molecule has 0 aliphatic heterocycles. The third-order valence-corrected chi connectivity index (χ3v) is 2.39. The van der Waals surface area contributed by atoms with E-state index in [4.69, 9.17) is 0 Å². The van der Waals surface area contributed by atoms with Gasteiger partial charge in [-0.2, -0.15) is 0 Å². The largest absolute Gasteiger partial charge is 0.295 e. The summed E-state index contributed by atoms with van der Waals surface area (Å²) in [6.45, 7) is 2.21. The van der Waals surface area contributed by atoms with Crippen LogP contribution >= 0.6 is 0 Å². The van der Waals surface area contributed by atoms with Crippen molar-refractivity contribution in [2.75, 3.05) is 0 Å². The average molecular weight is 166 g/mol. The van der Waals surface area contributed by atoms with E-state index in [2.05, 4.69) is 6.92 Å². The van der Waals surface area contributed by atoms with E-state index in [1.54, 1.807) is 0 Å². The summed E-state index contributed by atoms with van der Waals surface area (Å²) in [5.74, 6) is 0.341. The van der Waals surface area contributed by atoms with Gasteiger partial charge in [0.1, 0.15) is 0 Å². The number of hydrogen-bond donors (Lipinski definition) is 0. The Morgan fingerprint density at radius 1 is 1.33 bits per heavy atom. The number of ketones is 1. The van der Waals surface area contributed by atoms with Crippen LogP contribution in [-0.4, -0.2) is 5.78 Å². The number of hydrogen-bond acceptors (Lipinski definition) is 1. The summed E-state index contributed by atoms with van der Waals surface area (Å²) in [5.41, 5.74) is 1.39. The van der Waals surface area contributed by atoms with Crippen molar-refractivity contribution < 1.29 is 4.79 Å². The van der Waals surface area contributed by atoms with Crippen molar-refractivity contribution in [1.29, 1.82) is 0 Å². The molecule has 0 aromatic heterocycles. The number of unbranched alkanes of at least 4 members (excludes halogenated alkanes) is 2.